The minimum Gasteiger partial charge on any atom is -0.310 e. The minimum absolute atomic E-state index is 0.0937. The van der Waals surface area contributed by atoms with Gasteiger partial charge < -0.3 is 5.32 Å². The Hall–Kier alpha value is -0.410. The van der Waals surface area contributed by atoms with E-state index in [0.717, 1.165) is 35.3 Å². The van der Waals surface area contributed by atoms with Gasteiger partial charge in [-0.25, -0.2) is 4.39 Å². The third-order valence-electron chi connectivity index (χ3n) is 4.27. The molecule has 1 fully saturated rings. The Labute approximate surface area is 130 Å². The molecule has 1 aromatic carbocycles. The van der Waals surface area contributed by atoms with Crippen molar-refractivity contribution in [3.8, 4) is 0 Å². The fraction of sp³-hybridized carbons (Fsp3) is 0.647. The molecule has 3 heteroatoms. The molecule has 1 aliphatic carbocycles. The molecule has 1 atom stereocenters. The Balaban J connectivity index is 2.08. The summed E-state index contributed by atoms with van der Waals surface area (Å²) in [4.78, 5) is 0. The van der Waals surface area contributed by atoms with Crippen LogP contribution in [0.2, 0.25) is 0 Å². The van der Waals surface area contributed by atoms with Crippen molar-refractivity contribution < 1.29 is 4.39 Å². The molecule has 0 amide bonds. The third kappa shape index (κ3) is 4.56. The highest BCUT2D eigenvalue weighted by molar-refractivity contribution is 9.10. The van der Waals surface area contributed by atoms with E-state index in [1.807, 2.05) is 12.1 Å². The van der Waals surface area contributed by atoms with Crippen LogP contribution in [0.15, 0.2) is 22.7 Å². The number of benzene rings is 1. The highest BCUT2D eigenvalue weighted by Gasteiger charge is 2.22. The van der Waals surface area contributed by atoms with Crippen molar-refractivity contribution in [2.75, 3.05) is 6.54 Å². The van der Waals surface area contributed by atoms with Crippen LogP contribution in [0.4, 0.5) is 4.39 Å². The lowest BCUT2D eigenvalue weighted by Crippen LogP contribution is -2.26. The molecule has 1 aromatic rings. The summed E-state index contributed by atoms with van der Waals surface area (Å²) in [5.74, 6) is 0.657. The van der Waals surface area contributed by atoms with Gasteiger partial charge in [0.25, 0.3) is 0 Å². The molecule has 2 rings (SSSR count). The summed E-state index contributed by atoms with van der Waals surface area (Å²) in [7, 11) is 0. The van der Waals surface area contributed by atoms with Gasteiger partial charge in [-0.2, -0.15) is 0 Å². The SMILES string of the molecule is CCCNC(CC1CCCCC1)c1ccc(Br)cc1F. The lowest BCUT2D eigenvalue weighted by Gasteiger charge is -2.28. The van der Waals surface area contributed by atoms with E-state index < -0.39 is 0 Å². The second-order valence-electron chi connectivity index (χ2n) is 5.91. The molecule has 0 heterocycles. The van der Waals surface area contributed by atoms with Gasteiger partial charge in [0.05, 0.1) is 0 Å². The van der Waals surface area contributed by atoms with Crippen molar-refractivity contribution >= 4 is 15.9 Å². The summed E-state index contributed by atoms with van der Waals surface area (Å²) >= 11 is 3.34. The van der Waals surface area contributed by atoms with E-state index in [4.69, 9.17) is 0 Å². The van der Waals surface area contributed by atoms with Gasteiger partial charge >= 0.3 is 0 Å². The van der Waals surface area contributed by atoms with Crippen LogP contribution in [0.1, 0.15) is 63.5 Å². The van der Waals surface area contributed by atoms with Crippen LogP contribution >= 0.6 is 15.9 Å². The zero-order valence-corrected chi connectivity index (χ0v) is 13.9. The van der Waals surface area contributed by atoms with Crippen LogP contribution < -0.4 is 5.32 Å². The second-order valence-corrected chi connectivity index (χ2v) is 6.83. The predicted octanol–water partition coefficient (Wildman–Crippen LogP) is 5.60. The first-order chi connectivity index (χ1) is 9.70. The quantitative estimate of drug-likeness (QED) is 0.710. The largest absolute Gasteiger partial charge is 0.310 e. The van der Waals surface area contributed by atoms with Gasteiger partial charge in [-0.05, 0) is 37.4 Å². The Morgan fingerprint density at radius 1 is 1.30 bits per heavy atom. The van der Waals surface area contributed by atoms with Crippen LogP contribution in [0.5, 0.6) is 0 Å². The Kier molecular flexibility index (Phi) is 6.50. The van der Waals surface area contributed by atoms with Crippen LogP contribution in [0.3, 0.4) is 0 Å². The van der Waals surface area contributed by atoms with Crippen molar-refractivity contribution in [3.05, 3.63) is 34.1 Å². The molecule has 0 radical (unpaired) electrons. The molecule has 0 saturated heterocycles. The van der Waals surface area contributed by atoms with Crippen molar-refractivity contribution in [2.24, 2.45) is 5.92 Å². The molecule has 1 nitrogen and oxygen atoms in total. The van der Waals surface area contributed by atoms with Crippen molar-refractivity contribution in [1.29, 1.82) is 0 Å². The van der Waals surface area contributed by atoms with Crippen LogP contribution in [0, 0.1) is 11.7 Å². The number of halogens is 2. The second kappa shape index (κ2) is 8.14. The summed E-state index contributed by atoms with van der Waals surface area (Å²) in [5.41, 5.74) is 0.826. The molecule has 0 spiro atoms. The molecule has 0 bridgehead atoms. The molecular formula is C17H25BrFN. The van der Waals surface area contributed by atoms with Gasteiger partial charge in [0.15, 0.2) is 0 Å². The van der Waals surface area contributed by atoms with E-state index in [2.05, 4.69) is 28.2 Å². The van der Waals surface area contributed by atoms with Crippen LogP contribution in [-0.4, -0.2) is 6.54 Å². The average molecular weight is 342 g/mol. The molecule has 1 saturated carbocycles. The maximum absolute atomic E-state index is 14.2. The number of rotatable bonds is 6. The first kappa shape index (κ1) is 16.0. The van der Waals surface area contributed by atoms with E-state index >= 15 is 0 Å². The first-order valence-electron chi connectivity index (χ1n) is 7.89. The zero-order chi connectivity index (χ0) is 14.4. The van der Waals surface area contributed by atoms with Gasteiger partial charge in [0.2, 0.25) is 0 Å². The molecule has 112 valence electrons. The molecule has 1 unspecified atom stereocenters. The Morgan fingerprint density at radius 3 is 2.70 bits per heavy atom. The Morgan fingerprint density at radius 2 is 2.05 bits per heavy atom. The van der Waals surface area contributed by atoms with Crippen LogP contribution in [-0.2, 0) is 0 Å². The monoisotopic (exact) mass is 341 g/mol. The lowest BCUT2D eigenvalue weighted by molar-refractivity contribution is 0.297. The van der Waals surface area contributed by atoms with E-state index in [1.54, 1.807) is 6.07 Å². The summed E-state index contributed by atoms with van der Waals surface area (Å²) in [6.45, 7) is 3.11. The molecule has 20 heavy (non-hydrogen) atoms. The van der Waals surface area contributed by atoms with Crippen LogP contribution in [0.25, 0.3) is 0 Å². The summed E-state index contributed by atoms with van der Waals surface area (Å²) in [6.07, 6.45) is 8.82. The average Bonchev–Trinajstić information content (AvgIpc) is 2.45. The van der Waals surface area contributed by atoms with Crippen molar-refractivity contribution in [2.45, 2.75) is 57.9 Å². The number of hydrogen-bond donors (Lipinski definition) is 1. The van der Waals surface area contributed by atoms with Gasteiger partial charge in [-0.15, -0.1) is 0 Å². The molecule has 0 aliphatic heterocycles. The maximum Gasteiger partial charge on any atom is 0.129 e. The smallest absolute Gasteiger partial charge is 0.129 e. The highest BCUT2D eigenvalue weighted by Crippen LogP contribution is 2.33. The van der Waals surface area contributed by atoms with E-state index in [-0.39, 0.29) is 11.9 Å². The Bertz CT molecular complexity index is 415. The van der Waals surface area contributed by atoms with Crippen molar-refractivity contribution in [3.63, 3.8) is 0 Å². The lowest BCUT2D eigenvalue weighted by atomic mass is 9.83. The minimum atomic E-state index is -0.0937. The van der Waals surface area contributed by atoms with E-state index in [9.17, 15) is 4.39 Å². The van der Waals surface area contributed by atoms with Gasteiger partial charge in [-0.1, -0.05) is 61.0 Å². The van der Waals surface area contributed by atoms with Gasteiger partial charge in [-0.3, -0.25) is 0 Å². The fourth-order valence-electron chi connectivity index (χ4n) is 3.18. The van der Waals surface area contributed by atoms with E-state index in [0.29, 0.717) is 0 Å². The molecule has 1 aliphatic rings. The highest BCUT2D eigenvalue weighted by atomic mass is 79.9. The number of hydrogen-bond acceptors (Lipinski definition) is 1. The first-order valence-corrected chi connectivity index (χ1v) is 8.68. The standard InChI is InChI=1S/C17H25BrFN/c1-2-10-20-17(11-13-6-4-3-5-7-13)15-9-8-14(18)12-16(15)19/h8-9,12-13,17,20H,2-7,10-11H2,1H3. The predicted molar refractivity (Wildman–Crippen MR) is 86.3 cm³/mol. The normalized spacial score (nSPS) is 18.1. The summed E-state index contributed by atoms with van der Waals surface area (Å²) < 4.78 is 15.0. The maximum atomic E-state index is 14.2. The fourth-order valence-corrected chi connectivity index (χ4v) is 3.51. The molecule has 0 aromatic heterocycles. The van der Waals surface area contributed by atoms with E-state index in [1.165, 1.54) is 32.1 Å². The van der Waals surface area contributed by atoms with Gasteiger partial charge in [0, 0.05) is 16.1 Å². The third-order valence-corrected chi connectivity index (χ3v) is 4.77. The molecular weight excluding hydrogens is 317 g/mol. The topological polar surface area (TPSA) is 12.0 Å². The van der Waals surface area contributed by atoms with Gasteiger partial charge in [0.1, 0.15) is 5.82 Å². The summed E-state index contributed by atoms with van der Waals surface area (Å²) in [6, 6.07) is 5.61. The zero-order valence-electron chi connectivity index (χ0n) is 12.3. The van der Waals surface area contributed by atoms with Crippen molar-refractivity contribution in [1.82, 2.24) is 5.32 Å². The summed E-state index contributed by atoms with van der Waals surface area (Å²) in [5, 5.41) is 3.54. The molecule has 1 N–H and O–H groups in total. The number of nitrogens with one attached hydrogen (secondary N) is 1.